The third-order valence-electron chi connectivity index (χ3n) is 5.95. The molecule has 0 radical (unpaired) electrons. The Morgan fingerprint density at radius 1 is 1.06 bits per heavy atom. The van der Waals surface area contributed by atoms with E-state index in [9.17, 15) is 13.2 Å². The van der Waals surface area contributed by atoms with Crippen LogP contribution in [0.5, 0.6) is 11.5 Å². The van der Waals surface area contributed by atoms with Gasteiger partial charge in [0.15, 0.2) is 21.3 Å². The minimum absolute atomic E-state index is 0.112. The highest BCUT2D eigenvalue weighted by atomic mass is 32.2. The Hall–Kier alpha value is -2.84. The van der Waals surface area contributed by atoms with E-state index in [4.69, 9.17) is 9.47 Å². The van der Waals surface area contributed by atoms with Crippen molar-refractivity contribution in [1.29, 1.82) is 0 Å². The van der Waals surface area contributed by atoms with E-state index in [1.54, 1.807) is 18.8 Å². The Morgan fingerprint density at radius 2 is 1.75 bits per heavy atom. The third kappa shape index (κ3) is 4.66. The van der Waals surface area contributed by atoms with Crippen LogP contribution < -0.4 is 20.3 Å². The standard InChI is InChI=1S/C24H28N2O5S/c1-16-4-6-17(7-5-16)14-26-21-12-23(31-3)22(30-2)11-18(21)10-19(24(26)27)13-25-20-8-9-32(28,29)15-20/h4-7,10-12,20,25H,8-9,13-15H2,1-3H3. The first-order chi connectivity index (χ1) is 15.3. The molecule has 3 aromatic rings. The Bertz CT molecular complexity index is 1300. The largest absolute Gasteiger partial charge is 0.493 e. The molecule has 170 valence electrons. The van der Waals surface area contributed by atoms with Gasteiger partial charge in [0.2, 0.25) is 0 Å². The first-order valence-electron chi connectivity index (χ1n) is 10.6. The number of ether oxygens (including phenoxy) is 2. The van der Waals surface area contributed by atoms with Crippen LogP contribution in [0.15, 0.2) is 47.3 Å². The van der Waals surface area contributed by atoms with E-state index in [-0.39, 0.29) is 23.1 Å². The minimum atomic E-state index is -2.99. The SMILES string of the molecule is COc1cc2cc(CNC3CCS(=O)(=O)C3)c(=O)n(Cc3ccc(C)cc3)c2cc1OC. The summed E-state index contributed by atoms with van der Waals surface area (Å²) < 4.78 is 36.2. The highest BCUT2D eigenvalue weighted by Gasteiger charge is 2.27. The van der Waals surface area contributed by atoms with Gasteiger partial charge in [-0.3, -0.25) is 4.79 Å². The summed E-state index contributed by atoms with van der Waals surface area (Å²) in [5.41, 5.74) is 3.39. The van der Waals surface area contributed by atoms with Gasteiger partial charge >= 0.3 is 0 Å². The molecule has 0 saturated carbocycles. The van der Waals surface area contributed by atoms with E-state index < -0.39 is 9.84 Å². The van der Waals surface area contributed by atoms with Crippen molar-refractivity contribution in [3.63, 3.8) is 0 Å². The number of fused-ring (bicyclic) bond motifs is 1. The number of hydrogen-bond acceptors (Lipinski definition) is 6. The maximum Gasteiger partial charge on any atom is 0.255 e. The van der Waals surface area contributed by atoms with Crippen molar-refractivity contribution in [2.24, 2.45) is 0 Å². The highest BCUT2D eigenvalue weighted by Crippen LogP contribution is 2.32. The van der Waals surface area contributed by atoms with Gasteiger partial charge in [-0.25, -0.2) is 8.42 Å². The van der Waals surface area contributed by atoms with Gasteiger partial charge in [-0.2, -0.15) is 0 Å². The van der Waals surface area contributed by atoms with Crippen molar-refractivity contribution in [1.82, 2.24) is 9.88 Å². The Kier molecular flexibility index (Phi) is 6.26. The second-order valence-corrected chi connectivity index (χ2v) is 10.5. The molecule has 0 aliphatic carbocycles. The van der Waals surface area contributed by atoms with Crippen molar-refractivity contribution in [2.45, 2.75) is 32.5 Å². The van der Waals surface area contributed by atoms with Crippen molar-refractivity contribution >= 4 is 20.7 Å². The number of nitrogens with zero attached hydrogens (tertiary/aromatic N) is 1. The second kappa shape index (κ2) is 8.96. The fourth-order valence-electron chi connectivity index (χ4n) is 4.14. The lowest BCUT2D eigenvalue weighted by molar-refractivity contribution is 0.355. The van der Waals surface area contributed by atoms with Crippen LogP contribution >= 0.6 is 0 Å². The lowest BCUT2D eigenvalue weighted by Crippen LogP contribution is -2.33. The van der Waals surface area contributed by atoms with Crippen LogP contribution in [0.2, 0.25) is 0 Å². The van der Waals surface area contributed by atoms with Crippen molar-refractivity contribution in [3.8, 4) is 11.5 Å². The minimum Gasteiger partial charge on any atom is -0.493 e. The maximum atomic E-state index is 13.5. The summed E-state index contributed by atoms with van der Waals surface area (Å²) >= 11 is 0. The molecule has 32 heavy (non-hydrogen) atoms. The summed E-state index contributed by atoms with van der Waals surface area (Å²) in [6, 6.07) is 13.5. The number of nitrogens with one attached hydrogen (secondary N) is 1. The number of sulfone groups is 1. The lowest BCUT2D eigenvalue weighted by Gasteiger charge is -2.17. The number of benzene rings is 2. The van der Waals surface area contributed by atoms with Crippen LogP contribution in [0.1, 0.15) is 23.1 Å². The van der Waals surface area contributed by atoms with Crippen LogP contribution in [-0.4, -0.2) is 44.8 Å². The zero-order chi connectivity index (χ0) is 22.9. The normalized spacial score (nSPS) is 17.5. The first-order valence-corrected chi connectivity index (χ1v) is 12.4. The van der Waals surface area contributed by atoms with Crippen molar-refractivity contribution < 1.29 is 17.9 Å². The van der Waals surface area contributed by atoms with Crippen LogP contribution in [0.3, 0.4) is 0 Å². The molecule has 1 aromatic heterocycles. The summed E-state index contributed by atoms with van der Waals surface area (Å²) in [6.07, 6.45) is 0.568. The van der Waals surface area contributed by atoms with Gasteiger partial charge < -0.3 is 19.4 Å². The van der Waals surface area contributed by atoms with Gasteiger partial charge in [-0.05, 0) is 31.0 Å². The molecule has 7 nitrogen and oxygen atoms in total. The lowest BCUT2D eigenvalue weighted by atomic mass is 10.1. The van der Waals surface area contributed by atoms with E-state index >= 15 is 0 Å². The smallest absolute Gasteiger partial charge is 0.255 e. The highest BCUT2D eigenvalue weighted by molar-refractivity contribution is 7.91. The summed E-state index contributed by atoms with van der Waals surface area (Å²) in [5, 5.41) is 4.11. The number of aryl methyl sites for hydroxylation is 1. The van der Waals surface area contributed by atoms with Crippen molar-refractivity contribution in [3.05, 3.63) is 69.5 Å². The van der Waals surface area contributed by atoms with Gasteiger partial charge in [0, 0.05) is 29.6 Å². The molecule has 1 atom stereocenters. The Morgan fingerprint density at radius 3 is 2.38 bits per heavy atom. The third-order valence-corrected chi connectivity index (χ3v) is 7.72. The van der Waals surface area contributed by atoms with E-state index in [1.165, 1.54) is 0 Å². The Labute approximate surface area is 187 Å². The van der Waals surface area contributed by atoms with Gasteiger partial charge in [0.05, 0.1) is 37.8 Å². The van der Waals surface area contributed by atoms with E-state index in [2.05, 4.69) is 5.32 Å². The van der Waals surface area contributed by atoms with Gasteiger partial charge in [-0.1, -0.05) is 29.8 Å². The van der Waals surface area contributed by atoms with Crippen LogP contribution in [0.4, 0.5) is 0 Å². The molecule has 1 fully saturated rings. The zero-order valence-corrected chi connectivity index (χ0v) is 19.4. The van der Waals surface area contributed by atoms with Gasteiger partial charge in [-0.15, -0.1) is 0 Å². The molecule has 0 spiro atoms. The predicted octanol–water partition coefficient (Wildman–Crippen LogP) is 2.65. The summed E-state index contributed by atoms with van der Waals surface area (Å²) in [6.45, 7) is 2.74. The quantitative estimate of drug-likeness (QED) is 0.588. The average Bonchev–Trinajstić information content (AvgIpc) is 3.13. The Balaban J connectivity index is 1.77. The van der Waals surface area contributed by atoms with Crippen LogP contribution in [-0.2, 0) is 22.9 Å². The molecule has 0 bridgehead atoms. The zero-order valence-electron chi connectivity index (χ0n) is 18.6. The second-order valence-electron chi connectivity index (χ2n) is 8.29. The molecule has 1 aliphatic rings. The number of rotatable bonds is 7. The molecule has 2 aromatic carbocycles. The number of aromatic nitrogens is 1. The van der Waals surface area contributed by atoms with Gasteiger partial charge in [0.1, 0.15) is 0 Å². The molecule has 0 amide bonds. The molecular formula is C24H28N2O5S. The molecule has 2 heterocycles. The van der Waals surface area contributed by atoms with E-state index in [0.29, 0.717) is 36.6 Å². The van der Waals surface area contributed by atoms with E-state index in [0.717, 1.165) is 22.0 Å². The molecule has 1 unspecified atom stereocenters. The number of methoxy groups -OCH3 is 2. The molecule has 1 saturated heterocycles. The van der Waals surface area contributed by atoms with E-state index in [1.807, 2.05) is 49.4 Å². The molecule has 1 aliphatic heterocycles. The maximum absolute atomic E-state index is 13.5. The first kappa shape index (κ1) is 22.4. The number of pyridine rings is 1. The fourth-order valence-corrected chi connectivity index (χ4v) is 5.84. The topological polar surface area (TPSA) is 86.6 Å². The fraction of sp³-hybridized carbons (Fsp3) is 0.375. The molecule has 8 heteroatoms. The summed E-state index contributed by atoms with van der Waals surface area (Å²) in [5.74, 6) is 1.45. The van der Waals surface area contributed by atoms with Crippen LogP contribution in [0.25, 0.3) is 10.9 Å². The number of hydrogen-bond donors (Lipinski definition) is 1. The predicted molar refractivity (Wildman–Crippen MR) is 125 cm³/mol. The van der Waals surface area contributed by atoms with Crippen molar-refractivity contribution in [2.75, 3.05) is 25.7 Å². The summed E-state index contributed by atoms with van der Waals surface area (Å²) in [7, 11) is 0.158. The summed E-state index contributed by atoms with van der Waals surface area (Å²) in [4.78, 5) is 13.5. The molecular weight excluding hydrogens is 428 g/mol. The molecule has 4 rings (SSSR count). The molecule has 1 N–H and O–H groups in total. The van der Waals surface area contributed by atoms with Crippen LogP contribution in [0, 0.1) is 6.92 Å². The average molecular weight is 457 g/mol. The van der Waals surface area contributed by atoms with Gasteiger partial charge in [0.25, 0.3) is 5.56 Å². The monoisotopic (exact) mass is 456 g/mol.